The summed E-state index contributed by atoms with van der Waals surface area (Å²) in [6, 6.07) is 24.9. The van der Waals surface area contributed by atoms with Crippen molar-refractivity contribution in [3.05, 3.63) is 78.9 Å². The highest BCUT2D eigenvalue weighted by molar-refractivity contribution is 7.80. The Balaban J connectivity index is 2.20. The quantitative estimate of drug-likeness (QED) is 0.576. The van der Waals surface area contributed by atoms with Crippen molar-refractivity contribution < 1.29 is 10.2 Å². The van der Waals surface area contributed by atoms with E-state index in [4.69, 9.17) is 0 Å². The van der Waals surface area contributed by atoms with E-state index in [2.05, 4.69) is 24.3 Å². The van der Waals surface area contributed by atoms with Crippen molar-refractivity contribution in [1.82, 2.24) is 0 Å². The zero-order chi connectivity index (χ0) is 14.7. The number of phenols is 2. The molecule has 21 heavy (non-hydrogen) atoms. The van der Waals surface area contributed by atoms with Crippen LogP contribution in [-0.2, 0) is 0 Å². The molecule has 3 aromatic rings. The van der Waals surface area contributed by atoms with Gasteiger partial charge in [0.2, 0.25) is 0 Å². The number of rotatable bonds is 3. The maximum Gasteiger partial charge on any atom is 0.124 e. The van der Waals surface area contributed by atoms with E-state index >= 15 is 0 Å². The fourth-order valence-electron chi connectivity index (χ4n) is 2.27. The normalized spacial score (nSPS) is 10.7. The lowest BCUT2D eigenvalue weighted by Crippen LogP contribution is -2.20. The first-order chi connectivity index (χ1) is 10.3. The Bertz CT molecular complexity index is 687. The van der Waals surface area contributed by atoms with E-state index in [1.165, 1.54) is 6.07 Å². The van der Waals surface area contributed by atoms with Crippen LogP contribution >= 0.6 is 7.92 Å². The van der Waals surface area contributed by atoms with E-state index in [1.54, 1.807) is 12.1 Å². The molecule has 0 fully saturated rings. The molecule has 0 saturated heterocycles. The smallest absolute Gasteiger partial charge is 0.124 e. The van der Waals surface area contributed by atoms with E-state index in [-0.39, 0.29) is 11.5 Å². The van der Waals surface area contributed by atoms with Gasteiger partial charge in [-0.25, -0.2) is 0 Å². The summed E-state index contributed by atoms with van der Waals surface area (Å²) in [4.78, 5) is 0. The summed E-state index contributed by atoms with van der Waals surface area (Å²) in [6.45, 7) is 0. The van der Waals surface area contributed by atoms with E-state index < -0.39 is 7.92 Å². The molecule has 0 spiro atoms. The van der Waals surface area contributed by atoms with Crippen molar-refractivity contribution in [3.8, 4) is 11.5 Å². The van der Waals surface area contributed by atoms with Gasteiger partial charge in [0.1, 0.15) is 11.5 Å². The van der Waals surface area contributed by atoms with Gasteiger partial charge in [-0.2, -0.15) is 0 Å². The number of benzene rings is 3. The second kappa shape index (κ2) is 5.99. The molecular weight excluding hydrogens is 279 g/mol. The van der Waals surface area contributed by atoms with Gasteiger partial charge < -0.3 is 10.2 Å². The second-order valence-electron chi connectivity index (χ2n) is 4.68. The largest absolute Gasteiger partial charge is 0.508 e. The van der Waals surface area contributed by atoms with Gasteiger partial charge in [-0.1, -0.05) is 60.7 Å². The van der Waals surface area contributed by atoms with Crippen LogP contribution in [-0.4, -0.2) is 10.2 Å². The molecule has 0 unspecified atom stereocenters. The van der Waals surface area contributed by atoms with Crippen molar-refractivity contribution in [2.45, 2.75) is 0 Å². The molecule has 0 aliphatic rings. The number of hydrogen-bond acceptors (Lipinski definition) is 2. The molecule has 0 aliphatic heterocycles. The minimum atomic E-state index is -0.893. The Morgan fingerprint density at radius 2 is 1.14 bits per heavy atom. The summed E-state index contributed by atoms with van der Waals surface area (Å²) >= 11 is 0. The van der Waals surface area contributed by atoms with Gasteiger partial charge >= 0.3 is 0 Å². The summed E-state index contributed by atoms with van der Waals surface area (Å²) in [5, 5.41) is 23.1. The van der Waals surface area contributed by atoms with Crippen LogP contribution in [0.1, 0.15) is 0 Å². The standard InChI is InChI=1S/C18H15O2P/c19-14-11-12-17(20)18(13-14)21(15-7-3-1-4-8-15)16-9-5-2-6-10-16/h1-13,19-20H. The second-order valence-corrected chi connectivity index (χ2v) is 6.86. The highest BCUT2D eigenvalue weighted by Crippen LogP contribution is 2.37. The van der Waals surface area contributed by atoms with E-state index in [1.807, 2.05) is 36.4 Å². The minimum Gasteiger partial charge on any atom is -0.508 e. The van der Waals surface area contributed by atoms with Crippen molar-refractivity contribution in [2.75, 3.05) is 0 Å². The molecule has 0 saturated carbocycles. The van der Waals surface area contributed by atoms with Crippen LogP contribution in [0.2, 0.25) is 0 Å². The Labute approximate surface area is 125 Å². The maximum absolute atomic E-state index is 10.2. The molecule has 0 aliphatic carbocycles. The lowest BCUT2D eigenvalue weighted by Gasteiger charge is -2.20. The SMILES string of the molecule is Oc1ccc(O)c(P(c2ccccc2)c2ccccc2)c1. The van der Waals surface area contributed by atoms with Crippen LogP contribution in [0.3, 0.4) is 0 Å². The predicted octanol–water partition coefficient (Wildman–Crippen LogP) is 2.86. The fourth-order valence-corrected chi connectivity index (χ4v) is 4.63. The maximum atomic E-state index is 10.2. The first-order valence-electron chi connectivity index (χ1n) is 6.68. The first-order valence-corrected chi connectivity index (χ1v) is 8.02. The topological polar surface area (TPSA) is 40.5 Å². The molecule has 3 heteroatoms. The van der Waals surface area contributed by atoms with E-state index in [0.29, 0.717) is 0 Å². The molecular formula is C18H15O2P. The molecule has 2 nitrogen and oxygen atoms in total. The predicted molar refractivity (Wildman–Crippen MR) is 88.5 cm³/mol. The van der Waals surface area contributed by atoms with Crippen LogP contribution in [0.15, 0.2) is 78.9 Å². The summed E-state index contributed by atoms with van der Waals surface area (Å²) in [7, 11) is -0.893. The molecule has 0 radical (unpaired) electrons. The van der Waals surface area contributed by atoms with Crippen LogP contribution < -0.4 is 15.9 Å². The Morgan fingerprint density at radius 3 is 1.67 bits per heavy atom. The van der Waals surface area contributed by atoms with Gasteiger partial charge in [-0.15, -0.1) is 0 Å². The third kappa shape index (κ3) is 2.91. The molecule has 0 aromatic heterocycles. The van der Waals surface area contributed by atoms with Crippen LogP contribution in [0.25, 0.3) is 0 Å². The van der Waals surface area contributed by atoms with E-state index in [9.17, 15) is 10.2 Å². The fraction of sp³-hybridized carbons (Fsp3) is 0. The summed E-state index contributed by atoms with van der Waals surface area (Å²) in [5.74, 6) is 0.383. The van der Waals surface area contributed by atoms with E-state index in [0.717, 1.165) is 15.9 Å². The molecule has 104 valence electrons. The molecule has 3 aromatic carbocycles. The van der Waals surface area contributed by atoms with Crippen molar-refractivity contribution in [1.29, 1.82) is 0 Å². The van der Waals surface area contributed by atoms with Crippen molar-refractivity contribution >= 4 is 23.8 Å². The zero-order valence-electron chi connectivity index (χ0n) is 11.3. The number of phenolic OH excluding ortho intramolecular Hbond substituents is 2. The monoisotopic (exact) mass is 294 g/mol. The summed E-state index contributed by atoms with van der Waals surface area (Å²) in [6.07, 6.45) is 0. The molecule has 0 atom stereocenters. The third-order valence-electron chi connectivity index (χ3n) is 3.23. The average Bonchev–Trinajstić information content (AvgIpc) is 2.53. The van der Waals surface area contributed by atoms with Crippen LogP contribution in [0.4, 0.5) is 0 Å². The molecule has 0 amide bonds. The van der Waals surface area contributed by atoms with Crippen molar-refractivity contribution in [3.63, 3.8) is 0 Å². The first kappa shape index (κ1) is 13.7. The van der Waals surface area contributed by atoms with Gasteiger partial charge in [-0.05, 0) is 36.7 Å². The van der Waals surface area contributed by atoms with Gasteiger partial charge in [0.25, 0.3) is 0 Å². The molecule has 0 bridgehead atoms. The zero-order valence-corrected chi connectivity index (χ0v) is 12.2. The van der Waals surface area contributed by atoms with Crippen LogP contribution in [0, 0.1) is 0 Å². The summed E-state index contributed by atoms with van der Waals surface area (Å²) in [5.41, 5.74) is 0. The lowest BCUT2D eigenvalue weighted by atomic mass is 10.3. The third-order valence-corrected chi connectivity index (χ3v) is 5.70. The van der Waals surface area contributed by atoms with Gasteiger partial charge in [0, 0.05) is 5.30 Å². The van der Waals surface area contributed by atoms with Crippen LogP contribution in [0.5, 0.6) is 11.5 Å². The highest BCUT2D eigenvalue weighted by atomic mass is 31.1. The highest BCUT2D eigenvalue weighted by Gasteiger charge is 2.19. The van der Waals surface area contributed by atoms with Gasteiger partial charge in [-0.3, -0.25) is 0 Å². The molecule has 2 N–H and O–H groups in total. The molecule has 0 heterocycles. The Kier molecular flexibility index (Phi) is 3.89. The number of aromatic hydroxyl groups is 2. The molecule has 3 rings (SSSR count). The Morgan fingerprint density at radius 1 is 0.619 bits per heavy atom. The lowest BCUT2D eigenvalue weighted by molar-refractivity contribution is 0.464. The van der Waals surface area contributed by atoms with Crippen molar-refractivity contribution in [2.24, 2.45) is 0 Å². The van der Waals surface area contributed by atoms with Gasteiger partial charge in [0.05, 0.1) is 0 Å². The average molecular weight is 294 g/mol. The minimum absolute atomic E-state index is 0.169. The summed E-state index contributed by atoms with van der Waals surface area (Å²) < 4.78 is 0. The van der Waals surface area contributed by atoms with Gasteiger partial charge in [0.15, 0.2) is 0 Å². The Hall–Kier alpha value is -2.31. The number of hydrogen-bond donors (Lipinski definition) is 2.